The highest BCUT2D eigenvalue weighted by atomic mass is 32.1. The summed E-state index contributed by atoms with van der Waals surface area (Å²) in [6.07, 6.45) is 0.574. The number of pyridine rings is 1. The Hall–Kier alpha value is -4.51. The molecule has 2 heterocycles. The first-order chi connectivity index (χ1) is 18.3. The van der Waals surface area contributed by atoms with Crippen molar-refractivity contribution in [2.45, 2.75) is 20.5 Å². The Morgan fingerprint density at radius 3 is 2.50 bits per heavy atom. The fourth-order valence-electron chi connectivity index (χ4n) is 3.77. The van der Waals surface area contributed by atoms with Crippen LogP contribution in [0.1, 0.15) is 28.4 Å². The third-order valence-corrected chi connectivity index (χ3v) is 6.69. The summed E-state index contributed by atoms with van der Waals surface area (Å²) < 4.78 is 27.4. The molecular formula is C27H27N3O7S. The van der Waals surface area contributed by atoms with E-state index >= 15 is 0 Å². The van der Waals surface area contributed by atoms with Crippen LogP contribution in [-0.2, 0) is 11.3 Å². The number of carbonyl (C=O) groups excluding carboxylic acids is 2. The number of amides is 1. The van der Waals surface area contributed by atoms with E-state index in [1.54, 1.807) is 57.5 Å². The molecule has 0 fully saturated rings. The Morgan fingerprint density at radius 1 is 1.08 bits per heavy atom. The van der Waals surface area contributed by atoms with E-state index in [1.165, 1.54) is 17.5 Å². The van der Waals surface area contributed by atoms with Crippen molar-refractivity contribution >= 4 is 45.0 Å². The summed E-state index contributed by atoms with van der Waals surface area (Å²) in [6, 6.07) is 10.4. The van der Waals surface area contributed by atoms with Gasteiger partial charge in [0.1, 0.15) is 29.7 Å². The second kappa shape index (κ2) is 11.7. The number of nitrogens with zero attached hydrogens (tertiary/aromatic N) is 1. The van der Waals surface area contributed by atoms with Crippen LogP contribution in [0.15, 0.2) is 48.0 Å². The first kappa shape index (κ1) is 26.6. The van der Waals surface area contributed by atoms with Crippen molar-refractivity contribution in [2.75, 3.05) is 31.9 Å². The molecule has 198 valence electrons. The number of benzene rings is 2. The van der Waals surface area contributed by atoms with Gasteiger partial charge in [-0.2, -0.15) is 0 Å². The molecular weight excluding hydrogens is 510 g/mol. The number of hydrogen-bond donors (Lipinski definition) is 2. The lowest BCUT2D eigenvalue weighted by Gasteiger charge is -2.14. The lowest BCUT2D eigenvalue weighted by atomic mass is 10.1. The van der Waals surface area contributed by atoms with Gasteiger partial charge in [0, 0.05) is 46.0 Å². The first-order valence-corrected chi connectivity index (χ1v) is 12.5. The average Bonchev–Trinajstić information content (AvgIpc) is 3.34. The van der Waals surface area contributed by atoms with Gasteiger partial charge in [0.2, 0.25) is 0 Å². The lowest BCUT2D eigenvalue weighted by Crippen LogP contribution is -2.14. The molecule has 0 bridgehead atoms. The zero-order valence-electron chi connectivity index (χ0n) is 21.3. The van der Waals surface area contributed by atoms with Crippen molar-refractivity contribution in [3.8, 4) is 23.0 Å². The molecule has 0 unspecified atom stereocenters. The number of carbonyl (C=O) groups is 2. The lowest BCUT2D eigenvalue weighted by molar-refractivity contribution is 0.102. The van der Waals surface area contributed by atoms with Crippen molar-refractivity contribution in [3.05, 3.63) is 64.7 Å². The van der Waals surface area contributed by atoms with E-state index in [0.717, 1.165) is 5.56 Å². The molecule has 11 heteroatoms. The molecule has 4 aromatic rings. The molecule has 0 aliphatic carbocycles. The number of nitrogens with one attached hydrogen (secondary N) is 1. The molecule has 0 atom stereocenters. The topological polar surface area (TPSA) is 131 Å². The fraction of sp³-hybridized carbons (Fsp3) is 0.222. The van der Waals surface area contributed by atoms with Crippen LogP contribution in [0.2, 0.25) is 0 Å². The van der Waals surface area contributed by atoms with Crippen molar-refractivity contribution in [2.24, 2.45) is 0 Å². The Bertz CT molecular complexity index is 1460. The van der Waals surface area contributed by atoms with Gasteiger partial charge in [-0.05, 0) is 31.4 Å². The Labute approximate surface area is 223 Å². The Kier molecular flexibility index (Phi) is 8.17. The number of fused-ring (bicyclic) bond motifs is 1. The molecule has 0 aliphatic rings. The van der Waals surface area contributed by atoms with Gasteiger partial charge in [-0.1, -0.05) is 6.07 Å². The van der Waals surface area contributed by atoms with Gasteiger partial charge in [0.05, 0.1) is 31.7 Å². The number of thiophene rings is 1. The summed E-state index contributed by atoms with van der Waals surface area (Å²) in [5.41, 5.74) is 8.55. The Morgan fingerprint density at radius 2 is 1.82 bits per heavy atom. The third kappa shape index (κ3) is 5.73. The minimum absolute atomic E-state index is 0.160. The van der Waals surface area contributed by atoms with Crippen LogP contribution in [-0.4, -0.2) is 37.9 Å². The summed E-state index contributed by atoms with van der Waals surface area (Å²) in [7, 11) is 3.08. The number of methoxy groups -OCH3 is 2. The minimum atomic E-state index is -0.815. The van der Waals surface area contributed by atoms with Crippen molar-refractivity contribution in [1.82, 2.24) is 4.98 Å². The molecule has 0 spiro atoms. The van der Waals surface area contributed by atoms with Gasteiger partial charge in [-0.15, -0.1) is 11.3 Å². The summed E-state index contributed by atoms with van der Waals surface area (Å²) in [4.78, 5) is 29.0. The molecule has 2 aromatic heterocycles. The van der Waals surface area contributed by atoms with Crippen LogP contribution in [0.3, 0.4) is 0 Å². The summed E-state index contributed by atoms with van der Waals surface area (Å²) in [5, 5.41) is 5.38. The molecule has 3 N–H and O–H groups in total. The van der Waals surface area contributed by atoms with Gasteiger partial charge in [-0.3, -0.25) is 4.79 Å². The summed E-state index contributed by atoms with van der Waals surface area (Å²) >= 11 is 1.35. The second-order valence-corrected chi connectivity index (χ2v) is 8.91. The van der Waals surface area contributed by atoms with E-state index in [4.69, 9.17) is 29.4 Å². The van der Waals surface area contributed by atoms with Crippen LogP contribution in [0.4, 0.5) is 16.3 Å². The standard InChI is InChI=1S/C27H27N3O7S/c1-5-35-27(32)37-22-12-29-25(28)23-16(14-38-24(22)23)13-36-21-8-6-7-20(15(21)2)26(31)30-17-9-18(33-3)11-19(10-17)34-4/h6-12,14H,5,13H2,1-4H3,(H2,28,29)(H,30,31). The maximum Gasteiger partial charge on any atom is 0.513 e. The number of nitrogen functional groups attached to an aromatic ring is 1. The molecule has 38 heavy (non-hydrogen) atoms. The molecule has 0 aliphatic heterocycles. The number of rotatable bonds is 9. The van der Waals surface area contributed by atoms with Crippen molar-refractivity contribution < 1.29 is 33.3 Å². The van der Waals surface area contributed by atoms with Crippen LogP contribution >= 0.6 is 11.3 Å². The van der Waals surface area contributed by atoms with Gasteiger partial charge in [-0.25, -0.2) is 9.78 Å². The second-order valence-electron chi connectivity index (χ2n) is 8.03. The number of anilines is 2. The molecule has 0 radical (unpaired) electrons. The highest BCUT2D eigenvalue weighted by molar-refractivity contribution is 7.17. The van der Waals surface area contributed by atoms with E-state index in [9.17, 15) is 9.59 Å². The first-order valence-electron chi connectivity index (χ1n) is 11.6. The summed E-state index contributed by atoms with van der Waals surface area (Å²) in [6.45, 7) is 3.85. The summed E-state index contributed by atoms with van der Waals surface area (Å²) in [5.74, 6) is 1.88. The van der Waals surface area contributed by atoms with E-state index < -0.39 is 6.16 Å². The monoisotopic (exact) mass is 537 g/mol. The van der Waals surface area contributed by atoms with Gasteiger partial charge in [0.25, 0.3) is 5.91 Å². The van der Waals surface area contributed by atoms with Crippen LogP contribution in [0.25, 0.3) is 10.1 Å². The minimum Gasteiger partial charge on any atom is -0.497 e. The fourth-order valence-corrected chi connectivity index (χ4v) is 4.78. The predicted octanol–water partition coefficient (Wildman–Crippen LogP) is 5.57. The highest BCUT2D eigenvalue weighted by Gasteiger charge is 2.18. The number of nitrogens with two attached hydrogens (primary N) is 1. The van der Waals surface area contributed by atoms with Crippen molar-refractivity contribution in [3.63, 3.8) is 0 Å². The van der Waals surface area contributed by atoms with E-state index in [1.807, 2.05) is 12.3 Å². The quantitative estimate of drug-likeness (QED) is 0.263. The third-order valence-electron chi connectivity index (χ3n) is 5.64. The highest BCUT2D eigenvalue weighted by Crippen LogP contribution is 2.37. The Balaban J connectivity index is 1.53. The average molecular weight is 538 g/mol. The molecule has 1 amide bonds. The van der Waals surface area contributed by atoms with Crippen LogP contribution in [0, 0.1) is 6.92 Å². The maximum atomic E-state index is 13.1. The SMILES string of the molecule is CCOC(=O)Oc1cnc(N)c2c(COc3cccc(C(=O)Nc4cc(OC)cc(OC)c4)c3C)csc12. The molecule has 0 saturated heterocycles. The smallest absolute Gasteiger partial charge is 0.497 e. The molecule has 0 saturated carbocycles. The number of aromatic nitrogens is 1. The maximum absolute atomic E-state index is 13.1. The molecule has 4 rings (SSSR count). The van der Waals surface area contributed by atoms with Crippen LogP contribution < -0.4 is 30.0 Å². The van der Waals surface area contributed by atoms with E-state index in [2.05, 4.69) is 10.3 Å². The van der Waals surface area contributed by atoms with E-state index in [-0.39, 0.29) is 30.7 Å². The normalized spacial score (nSPS) is 10.6. The zero-order chi connectivity index (χ0) is 27.2. The van der Waals surface area contributed by atoms with Gasteiger partial charge >= 0.3 is 6.16 Å². The largest absolute Gasteiger partial charge is 0.513 e. The van der Waals surface area contributed by atoms with Gasteiger partial charge < -0.3 is 34.7 Å². The molecule has 10 nitrogen and oxygen atoms in total. The van der Waals surface area contributed by atoms with Crippen molar-refractivity contribution in [1.29, 1.82) is 0 Å². The number of hydrogen-bond acceptors (Lipinski definition) is 10. The van der Waals surface area contributed by atoms with Gasteiger partial charge in [0.15, 0.2) is 5.75 Å². The number of ether oxygens (including phenoxy) is 5. The van der Waals surface area contributed by atoms with E-state index in [0.29, 0.717) is 44.1 Å². The zero-order valence-corrected chi connectivity index (χ0v) is 22.1. The predicted molar refractivity (Wildman–Crippen MR) is 145 cm³/mol. The molecule has 2 aromatic carbocycles. The van der Waals surface area contributed by atoms with Crippen LogP contribution in [0.5, 0.6) is 23.0 Å².